The van der Waals surface area contributed by atoms with Gasteiger partial charge in [0.15, 0.2) is 0 Å². The molecule has 0 saturated heterocycles. The van der Waals surface area contributed by atoms with Crippen molar-refractivity contribution >= 4 is 69.8 Å². The van der Waals surface area contributed by atoms with E-state index in [1.54, 1.807) is 12.2 Å². The zero-order chi connectivity index (χ0) is 29.1. The number of aliphatic imine (C=N–C) groups is 1. The molecule has 0 fully saturated rings. The monoisotopic (exact) mass is 620 g/mol. The first kappa shape index (κ1) is 43.0. The Hall–Kier alpha value is -0.500. The van der Waals surface area contributed by atoms with Crippen molar-refractivity contribution in [1.82, 2.24) is 5.32 Å². The molecule has 10 nitrogen and oxygen atoms in total. The number of rotatable bonds is 22. The summed E-state index contributed by atoms with van der Waals surface area (Å²) < 4.78 is 60.1. The van der Waals surface area contributed by atoms with Gasteiger partial charge in [0.2, 0.25) is 5.91 Å². The summed E-state index contributed by atoms with van der Waals surface area (Å²) in [5, 5.41) is 13.5. The van der Waals surface area contributed by atoms with E-state index in [2.05, 4.69) is 24.2 Å². The van der Waals surface area contributed by atoms with Gasteiger partial charge in [-0.3, -0.25) is 9.35 Å². The van der Waals surface area contributed by atoms with Crippen molar-refractivity contribution in [3.63, 3.8) is 0 Å². The molecule has 0 aliphatic carbocycles. The molecule has 0 aliphatic rings. The van der Waals surface area contributed by atoms with Crippen LogP contribution >= 0.6 is 0 Å². The maximum atomic E-state index is 11.2. The molecule has 0 aromatic carbocycles. The van der Waals surface area contributed by atoms with Gasteiger partial charge in [0.25, 0.3) is 10.1 Å². The molecule has 224 valence electrons. The van der Waals surface area contributed by atoms with Crippen LogP contribution in [-0.2, 0) is 25.0 Å². The topological polar surface area (TPSA) is 176 Å². The maximum Gasteiger partial charge on any atom is 2.00 e. The molecule has 0 radical (unpaired) electrons. The molecule has 0 rings (SSSR count). The number of nitrogens with one attached hydrogen (secondary N) is 1. The van der Waals surface area contributed by atoms with Gasteiger partial charge in [0.1, 0.15) is 0 Å². The van der Waals surface area contributed by atoms with Gasteiger partial charge in [0, 0.05) is 6.54 Å². The fourth-order valence-electron chi connectivity index (χ4n) is 3.14. The second-order valence-corrected chi connectivity index (χ2v) is 12.1. The number of amides is 1. The molecule has 0 aromatic heterocycles. The molecule has 0 bridgehead atoms. The van der Waals surface area contributed by atoms with E-state index in [0.29, 0.717) is 0 Å². The Morgan fingerprint density at radius 1 is 0.795 bits per heavy atom. The number of allylic oxidation sites excluding steroid dienone is 2. The second-order valence-electron chi connectivity index (χ2n) is 8.98. The largest absolute Gasteiger partial charge is 2.00 e. The van der Waals surface area contributed by atoms with Gasteiger partial charge < -0.3 is 20.0 Å². The van der Waals surface area contributed by atoms with Gasteiger partial charge in [-0.05, 0) is 37.7 Å². The van der Waals surface area contributed by atoms with Gasteiger partial charge in [-0.1, -0.05) is 96.3 Å². The fraction of sp³-hybridized carbons (Fsp3) is 0.769. The molecular weight excluding hydrogens is 573 g/mol. The van der Waals surface area contributed by atoms with Gasteiger partial charge in [-0.25, -0.2) is 8.42 Å². The Morgan fingerprint density at radius 2 is 1.26 bits per heavy atom. The Balaban J connectivity index is -0.000000648. The van der Waals surface area contributed by atoms with Crippen molar-refractivity contribution in [2.24, 2.45) is 4.99 Å². The smallest absolute Gasteiger partial charge is 0.859 e. The third-order valence-electron chi connectivity index (χ3n) is 5.25. The molecule has 39 heavy (non-hydrogen) atoms. The Labute approximate surface area is 266 Å². The van der Waals surface area contributed by atoms with Crippen molar-refractivity contribution in [1.29, 1.82) is 0 Å². The van der Waals surface area contributed by atoms with E-state index in [1.807, 2.05) is 0 Å². The van der Waals surface area contributed by atoms with Crippen molar-refractivity contribution < 1.29 is 35.8 Å². The van der Waals surface area contributed by atoms with Crippen LogP contribution in [0.4, 0.5) is 0 Å². The number of hydrogen-bond donors (Lipinski definition) is 2. The van der Waals surface area contributed by atoms with Crippen LogP contribution in [0.2, 0.25) is 0 Å². The summed E-state index contributed by atoms with van der Waals surface area (Å²) in [5.41, 5.74) is 0. The van der Waals surface area contributed by atoms with E-state index in [1.165, 1.54) is 69.9 Å². The molecule has 0 spiro atoms. The standard InChI is InChI=1S/2C13H25NO4S.Ca/c2*1-2-3-4-5-6-7-8-9-10-13(15)14-11-12-19(16,17)18;/h2*9-10H,2-8,11-12H2,1H3,(H,14,15)(H,16,17,18);/q;;+2/p-2/b2*10-9+;. The van der Waals surface area contributed by atoms with Crippen molar-refractivity contribution in [2.45, 2.75) is 104 Å². The molecule has 2 N–H and O–H groups in total. The first-order valence-corrected chi connectivity index (χ1v) is 16.8. The SMILES string of the molecule is CCCCCCCC/C=C/C(=O)NCCS(=O)(=O)O.CCCCCCCC/C=C/C([O-])=NCCS(=O)(=O)[O-].[Ca+2]. The molecule has 1 amide bonds. The second kappa shape index (κ2) is 29.0. The first-order chi connectivity index (χ1) is 17.9. The fourth-order valence-corrected chi connectivity index (χ4v) is 3.82. The van der Waals surface area contributed by atoms with Crippen LogP contribution in [0.15, 0.2) is 29.3 Å². The number of carbonyl (C=O) groups is 1. The Bertz CT molecular complexity index is 890. The summed E-state index contributed by atoms with van der Waals surface area (Å²) in [6.07, 6.45) is 22.4. The van der Waals surface area contributed by atoms with Gasteiger partial charge >= 0.3 is 37.7 Å². The zero-order valence-corrected chi connectivity index (χ0v) is 27.7. The van der Waals surface area contributed by atoms with Crippen molar-refractivity contribution in [3.8, 4) is 0 Å². The Kier molecular flexibility index (Phi) is 32.0. The summed E-state index contributed by atoms with van der Waals surface area (Å²) >= 11 is 0. The number of nitrogens with zero attached hydrogens (tertiary/aromatic N) is 1. The molecule has 0 aromatic rings. The van der Waals surface area contributed by atoms with Crippen LogP contribution in [0.25, 0.3) is 0 Å². The summed E-state index contributed by atoms with van der Waals surface area (Å²) in [4.78, 5) is 14.7. The summed E-state index contributed by atoms with van der Waals surface area (Å²) in [6.45, 7) is 4.03. The summed E-state index contributed by atoms with van der Waals surface area (Å²) in [6, 6.07) is 0. The van der Waals surface area contributed by atoms with Crippen LogP contribution in [0, 0.1) is 0 Å². The summed E-state index contributed by atoms with van der Waals surface area (Å²) in [5.74, 6) is -1.88. The minimum Gasteiger partial charge on any atom is -0.859 e. The van der Waals surface area contributed by atoms with E-state index in [9.17, 15) is 31.3 Å². The zero-order valence-electron chi connectivity index (χ0n) is 23.8. The van der Waals surface area contributed by atoms with E-state index < -0.39 is 37.6 Å². The van der Waals surface area contributed by atoms with Crippen LogP contribution in [0.5, 0.6) is 0 Å². The van der Waals surface area contributed by atoms with Gasteiger partial charge in [0.05, 0.1) is 28.2 Å². The van der Waals surface area contributed by atoms with Gasteiger partial charge in [-0.2, -0.15) is 8.42 Å². The number of carbonyl (C=O) groups excluding carboxylic acids is 1. The quantitative estimate of drug-likeness (QED) is 0.0461. The molecule has 0 saturated carbocycles. The van der Waals surface area contributed by atoms with Crippen LogP contribution in [0.3, 0.4) is 0 Å². The molecule has 13 heteroatoms. The average molecular weight is 621 g/mol. The molecule has 0 aliphatic heterocycles. The van der Waals surface area contributed by atoms with E-state index in [0.717, 1.165) is 32.1 Å². The Morgan fingerprint density at radius 3 is 1.72 bits per heavy atom. The maximum absolute atomic E-state index is 11.2. The van der Waals surface area contributed by atoms with E-state index in [4.69, 9.17) is 4.55 Å². The minimum absolute atomic E-state index is 0. The van der Waals surface area contributed by atoms with Crippen LogP contribution < -0.4 is 10.4 Å². The number of unbranched alkanes of at least 4 members (excludes halogenated alkanes) is 12. The predicted molar refractivity (Wildman–Crippen MR) is 156 cm³/mol. The normalized spacial score (nSPS) is 12.3. The van der Waals surface area contributed by atoms with E-state index in [-0.39, 0.29) is 56.7 Å². The van der Waals surface area contributed by atoms with E-state index >= 15 is 0 Å². The van der Waals surface area contributed by atoms with Crippen LogP contribution in [0.1, 0.15) is 104 Å². The number of hydrogen-bond acceptors (Lipinski definition) is 8. The van der Waals surface area contributed by atoms with Crippen molar-refractivity contribution in [3.05, 3.63) is 24.3 Å². The average Bonchev–Trinajstić information content (AvgIpc) is 2.81. The third-order valence-corrected chi connectivity index (χ3v) is 6.65. The first-order valence-electron chi connectivity index (χ1n) is 13.6. The summed E-state index contributed by atoms with van der Waals surface area (Å²) in [7, 11) is -8.28. The van der Waals surface area contributed by atoms with Crippen molar-refractivity contribution in [2.75, 3.05) is 24.6 Å². The molecular formula is C26H48CaN2O8S2. The third kappa shape index (κ3) is 42.1. The predicted octanol–water partition coefficient (Wildman–Crippen LogP) is 3.51. The minimum atomic E-state index is -4.28. The molecule has 0 heterocycles. The van der Waals surface area contributed by atoms with Gasteiger partial charge in [-0.15, -0.1) is 0 Å². The molecule has 0 unspecified atom stereocenters. The molecule has 0 atom stereocenters. The van der Waals surface area contributed by atoms with Crippen LogP contribution in [-0.4, -0.2) is 100 Å².